The average molecular weight is 416 g/mol. The molecule has 1 N–H and O–H groups in total. The number of carbonyl (C=O) groups is 3. The predicted octanol–water partition coefficient (Wildman–Crippen LogP) is 3.02. The van der Waals surface area contributed by atoms with Crippen molar-refractivity contribution < 1.29 is 19.3 Å². The maximum atomic E-state index is 12.7. The minimum Gasteiger partial charge on any atom is -0.273 e. The number of carbonyl (C=O) groups excluding carboxylic acids is 3. The highest BCUT2D eigenvalue weighted by molar-refractivity contribution is 9.10. The van der Waals surface area contributed by atoms with Crippen LogP contribution in [0.15, 0.2) is 58.6 Å². The molecule has 26 heavy (non-hydrogen) atoms. The molecule has 0 aromatic heterocycles. The van der Waals surface area contributed by atoms with Crippen LogP contribution < -0.4 is 10.2 Å². The lowest BCUT2D eigenvalue weighted by molar-refractivity contribution is -0.384. The number of imide groups is 2. The van der Waals surface area contributed by atoms with Gasteiger partial charge in [0.05, 0.1) is 10.6 Å². The number of non-ortho nitro benzene ring substituents is 1. The van der Waals surface area contributed by atoms with Crippen LogP contribution in [0, 0.1) is 10.1 Å². The molecule has 0 saturated carbocycles. The monoisotopic (exact) mass is 415 g/mol. The zero-order valence-electron chi connectivity index (χ0n) is 13.0. The molecule has 1 saturated heterocycles. The Morgan fingerprint density at radius 2 is 1.77 bits per heavy atom. The number of barbiturate groups is 1. The number of benzene rings is 2. The summed E-state index contributed by atoms with van der Waals surface area (Å²) in [6.07, 6.45) is 1.28. The van der Waals surface area contributed by atoms with Gasteiger partial charge in [-0.1, -0.05) is 22.0 Å². The second-order valence-electron chi connectivity index (χ2n) is 5.29. The van der Waals surface area contributed by atoms with Crippen molar-refractivity contribution in [3.63, 3.8) is 0 Å². The van der Waals surface area contributed by atoms with Gasteiger partial charge in [0.2, 0.25) is 0 Å². The van der Waals surface area contributed by atoms with Gasteiger partial charge in [-0.25, -0.2) is 9.69 Å². The summed E-state index contributed by atoms with van der Waals surface area (Å²) in [5, 5.41) is 12.8. The van der Waals surface area contributed by atoms with Crippen molar-refractivity contribution in [1.29, 1.82) is 0 Å². The summed E-state index contributed by atoms with van der Waals surface area (Å²) in [5.41, 5.74) is 0.345. The van der Waals surface area contributed by atoms with Gasteiger partial charge in [0, 0.05) is 16.6 Å². The summed E-state index contributed by atoms with van der Waals surface area (Å²) >= 11 is 3.26. The molecular weight excluding hydrogens is 406 g/mol. The predicted molar refractivity (Wildman–Crippen MR) is 96.2 cm³/mol. The number of amides is 4. The Balaban J connectivity index is 1.98. The molecule has 2 aromatic carbocycles. The second kappa shape index (κ2) is 6.89. The number of halogens is 1. The standard InChI is InChI=1S/C17H10BrN3O5/c18-11-2-1-3-13(9-11)20-16(23)14(15(22)19-17(20)24)8-10-4-6-12(7-5-10)21(25)26/h1-9H,(H,19,22,24)/b14-8+. The summed E-state index contributed by atoms with van der Waals surface area (Å²) in [4.78, 5) is 47.9. The molecule has 9 heteroatoms. The molecule has 8 nitrogen and oxygen atoms in total. The fourth-order valence-electron chi connectivity index (χ4n) is 2.37. The Kier molecular flexibility index (Phi) is 4.63. The third kappa shape index (κ3) is 3.38. The van der Waals surface area contributed by atoms with E-state index in [1.54, 1.807) is 24.3 Å². The first-order chi connectivity index (χ1) is 12.4. The molecular formula is C17H10BrN3O5. The van der Waals surface area contributed by atoms with Crippen LogP contribution in [0.1, 0.15) is 5.56 Å². The zero-order valence-corrected chi connectivity index (χ0v) is 14.6. The first-order valence-electron chi connectivity index (χ1n) is 7.28. The number of nitrogens with zero attached hydrogens (tertiary/aromatic N) is 2. The summed E-state index contributed by atoms with van der Waals surface area (Å²) in [7, 11) is 0. The molecule has 0 bridgehead atoms. The van der Waals surface area contributed by atoms with Crippen LogP contribution in [-0.2, 0) is 9.59 Å². The molecule has 1 aliphatic rings. The minimum absolute atomic E-state index is 0.113. The molecule has 0 radical (unpaired) electrons. The lowest BCUT2D eigenvalue weighted by atomic mass is 10.1. The summed E-state index contributed by atoms with van der Waals surface area (Å²) in [5.74, 6) is -1.61. The quantitative estimate of drug-likeness (QED) is 0.358. The maximum absolute atomic E-state index is 12.7. The number of hydrogen-bond donors (Lipinski definition) is 1. The molecule has 2 aromatic rings. The summed E-state index contributed by atoms with van der Waals surface area (Å²) < 4.78 is 0.661. The number of rotatable bonds is 3. The highest BCUT2D eigenvalue weighted by Crippen LogP contribution is 2.25. The smallest absolute Gasteiger partial charge is 0.273 e. The lowest BCUT2D eigenvalue weighted by Gasteiger charge is -2.26. The van der Waals surface area contributed by atoms with Gasteiger partial charge >= 0.3 is 6.03 Å². The fourth-order valence-corrected chi connectivity index (χ4v) is 2.75. The number of nitro benzene ring substituents is 1. The van der Waals surface area contributed by atoms with Crippen LogP contribution in [0.4, 0.5) is 16.2 Å². The SMILES string of the molecule is O=C1NC(=O)N(c2cccc(Br)c2)C(=O)/C1=C/c1ccc([N+](=O)[O-])cc1. The Labute approximate surface area is 155 Å². The molecule has 0 spiro atoms. The van der Waals surface area contributed by atoms with Crippen molar-refractivity contribution in [2.75, 3.05) is 4.90 Å². The highest BCUT2D eigenvalue weighted by atomic mass is 79.9. The van der Waals surface area contributed by atoms with Crippen molar-refractivity contribution in [3.05, 3.63) is 74.3 Å². The second-order valence-corrected chi connectivity index (χ2v) is 6.20. The topological polar surface area (TPSA) is 110 Å². The molecule has 130 valence electrons. The number of nitrogens with one attached hydrogen (secondary N) is 1. The van der Waals surface area contributed by atoms with E-state index in [0.717, 1.165) is 4.90 Å². The van der Waals surface area contributed by atoms with Crippen LogP contribution in [0.5, 0.6) is 0 Å². The van der Waals surface area contributed by atoms with Crippen LogP contribution in [-0.4, -0.2) is 22.8 Å². The Morgan fingerprint density at radius 1 is 1.08 bits per heavy atom. The van der Waals surface area contributed by atoms with E-state index in [2.05, 4.69) is 21.2 Å². The Morgan fingerprint density at radius 3 is 2.38 bits per heavy atom. The lowest BCUT2D eigenvalue weighted by Crippen LogP contribution is -2.54. The minimum atomic E-state index is -0.848. The van der Waals surface area contributed by atoms with Gasteiger partial charge in [-0.2, -0.15) is 0 Å². The van der Waals surface area contributed by atoms with Gasteiger partial charge < -0.3 is 0 Å². The van der Waals surface area contributed by atoms with E-state index in [0.29, 0.717) is 15.7 Å². The molecule has 0 aliphatic carbocycles. The maximum Gasteiger partial charge on any atom is 0.335 e. The van der Waals surface area contributed by atoms with E-state index in [4.69, 9.17) is 0 Å². The fraction of sp³-hybridized carbons (Fsp3) is 0. The van der Waals surface area contributed by atoms with Crippen molar-refractivity contribution in [1.82, 2.24) is 5.32 Å². The molecule has 1 aliphatic heterocycles. The highest BCUT2D eigenvalue weighted by Gasteiger charge is 2.36. The van der Waals surface area contributed by atoms with Crippen molar-refractivity contribution in [2.24, 2.45) is 0 Å². The van der Waals surface area contributed by atoms with E-state index in [-0.39, 0.29) is 11.3 Å². The Hall–Kier alpha value is -3.33. The Bertz CT molecular complexity index is 969. The van der Waals surface area contributed by atoms with Crippen molar-refractivity contribution >= 4 is 51.2 Å². The van der Waals surface area contributed by atoms with Crippen molar-refractivity contribution in [3.8, 4) is 0 Å². The van der Waals surface area contributed by atoms with Gasteiger partial charge in [-0.05, 0) is 42.0 Å². The van der Waals surface area contributed by atoms with Crippen LogP contribution in [0.2, 0.25) is 0 Å². The van der Waals surface area contributed by atoms with Crippen molar-refractivity contribution in [2.45, 2.75) is 0 Å². The first kappa shape index (κ1) is 17.5. The zero-order chi connectivity index (χ0) is 18.8. The number of hydrogen-bond acceptors (Lipinski definition) is 5. The molecule has 1 heterocycles. The van der Waals surface area contributed by atoms with Gasteiger partial charge in [0.1, 0.15) is 5.57 Å². The third-order valence-corrected chi connectivity index (χ3v) is 4.08. The molecule has 0 unspecified atom stereocenters. The van der Waals surface area contributed by atoms with Crippen LogP contribution >= 0.6 is 15.9 Å². The van der Waals surface area contributed by atoms with Gasteiger partial charge in [-0.3, -0.25) is 25.0 Å². The molecule has 0 atom stereocenters. The van der Waals surface area contributed by atoms with Crippen LogP contribution in [0.3, 0.4) is 0 Å². The van der Waals surface area contributed by atoms with Gasteiger partial charge in [0.15, 0.2) is 0 Å². The molecule has 3 rings (SSSR count). The number of urea groups is 1. The van der Waals surface area contributed by atoms with E-state index in [9.17, 15) is 24.5 Å². The first-order valence-corrected chi connectivity index (χ1v) is 8.07. The van der Waals surface area contributed by atoms with Crippen LogP contribution in [0.25, 0.3) is 6.08 Å². The van der Waals surface area contributed by atoms with E-state index in [1.165, 1.54) is 30.3 Å². The third-order valence-electron chi connectivity index (χ3n) is 3.58. The average Bonchev–Trinajstić information content (AvgIpc) is 2.59. The number of anilines is 1. The van der Waals surface area contributed by atoms with Gasteiger partial charge in [-0.15, -0.1) is 0 Å². The van der Waals surface area contributed by atoms with Gasteiger partial charge in [0.25, 0.3) is 17.5 Å². The summed E-state index contributed by atoms with van der Waals surface area (Å²) in [6, 6.07) is 11.0. The summed E-state index contributed by atoms with van der Waals surface area (Å²) in [6.45, 7) is 0. The van der Waals surface area contributed by atoms with E-state index < -0.39 is 22.8 Å². The van der Waals surface area contributed by atoms with E-state index in [1.807, 2.05) is 0 Å². The molecule has 4 amide bonds. The molecule has 1 fully saturated rings. The van der Waals surface area contributed by atoms with E-state index >= 15 is 0 Å². The normalized spacial score (nSPS) is 16.0. The number of nitro groups is 1. The largest absolute Gasteiger partial charge is 0.335 e.